The van der Waals surface area contributed by atoms with Gasteiger partial charge in [-0.3, -0.25) is 0 Å². The van der Waals surface area contributed by atoms with Gasteiger partial charge in [0.2, 0.25) is 0 Å². The molecule has 3 heteroatoms. The summed E-state index contributed by atoms with van der Waals surface area (Å²) >= 11 is 0. The van der Waals surface area contributed by atoms with Gasteiger partial charge >= 0.3 is 0 Å². The Labute approximate surface area is 91.8 Å². The molecule has 1 rings (SSSR count). The van der Waals surface area contributed by atoms with Crippen LogP contribution >= 0.6 is 0 Å². The summed E-state index contributed by atoms with van der Waals surface area (Å²) in [6.07, 6.45) is 1.18. The van der Waals surface area contributed by atoms with E-state index in [0.29, 0.717) is 0 Å². The molecule has 0 radical (unpaired) electrons. The maximum atomic E-state index is 5.30. The number of aryl methyl sites for hydroxylation is 1. The van der Waals surface area contributed by atoms with Crippen molar-refractivity contribution in [2.75, 3.05) is 21.2 Å². The molecule has 0 aliphatic heterocycles. The minimum absolute atomic E-state index is 0.196. The summed E-state index contributed by atoms with van der Waals surface area (Å²) in [5, 5.41) is 6.41. The van der Waals surface area contributed by atoms with Crippen LogP contribution in [0.3, 0.4) is 0 Å². The third kappa shape index (κ3) is 2.70. The molecule has 1 aromatic carbocycles. The SMILES string of the molecule is CCc1cc(C(NC)NC)ccc1OC. The summed E-state index contributed by atoms with van der Waals surface area (Å²) in [6, 6.07) is 6.28. The molecule has 0 aromatic heterocycles. The molecule has 0 heterocycles. The molecule has 0 atom stereocenters. The van der Waals surface area contributed by atoms with E-state index in [2.05, 4.69) is 29.7 Å². The second-order valence-electron chi connectivity index (χ2n) is 3.44. The van der Waals surface area contributed by atoms with Crippen LogP contribution in [0.5, 0.6) is 5.75 Å². The molecule has 0 saturated heterocycles. The third-order valence-electron chi connectivity index (χ3n) is 2.60. The van der Waals surface area contributed by atoms with Gasteiger partial charge < -0.3 is 15.4 Å². The average molecular weight is 208 g/mol. The molecule has 15 heavy (non-hydrogen) atoms. The van der Waals surface area contributed by atoms with Crippen LogP contribution in [0.25, 0.3) is 0 Å². The normalized spacial score (nSPS) is 10.7. The Hall–Kier alpha value is -1.06. The molecule has 3 nitrogen and oxygen atoms in total. The topological polar surface area (TPSA) is 33.3 Å². The number of ether oxygens (including phenoxy) is 1. The third-order valence-corrected chi connectivity index (χ3v) is 2.60. The Morgan fingerprint density at radius 2 is 1.93 bits per heavy atom. The summed E-state index contributed by atoms with van der Waals surface area (Å²) < 4.78 is 5.30. The summed E-state index contributed by atoms with van der Waals surface area (Å²) in [5.41, 5.74) is 2.48. The predicted octanol–water partition coefficient (Wildman–Crippen LogP) is 1.69. The summed E-state index contributed by atoms with van der Waals surface area (Å²) in [4.78, 5) is 0. The van der Waals surface area contributed by atoms with Crippen molar-refractivity contribution in [1.29, 1.82) is 0 Å². The highest BCUT2D eigenvalue weighted by atomic mass is 16.5. The van der Waals surface area contributed by atoms with E-state index in [-0.39, 0.29) is 6.17 Å². The number of methoxy groups -OCH3 is 1. The van der Waals surface area contributed by atoms with Crippen LogP contribution < -0.4 is 15.4 Å². The Morgan fingerprint density at radius 1 is 1.27 bits per heavy atom. The monoisotopic (exact) mass is 208 g/mol. The molecule has 2 N–H and O–H groups in total. The number of hydrogen-bond donors (Lipinski definition) is 2. The fourth-order valence-electron chi connectivity index (χ4n) is 1.73. The van der Waals surface area contributed by atoms with Crippen LogP contribution in [0, 0.1) is 0 Å². The molecule has 84 valence electrons. The predicted molar refractivity (Wildman–Crippen MR) is 63.2 cm³/mol. The summed E-state index contributed by atoms with van der Waals surface area (Å²) in [6.45, 7) is 2.13. The highest BCUT2D eigenvalue weighted by Gasteiger charge is 2.08. The molecule has 1 aromatic rings. The minimum atomic E-state index is 0.196. The number of nitrogens with one attached hydrogen (secondary N) is 2. The van der Waals surface area contributed by atoms with Crippen LogP contribution in [-0.4, -0.2) is 21.2 Å². The first kappa shape index (κ1) is 12.0. The Kier molecular flexibility index (Phi) is 4.59. The summed E-state index contributed by atoms with van der Waals surface area (Å²) in [7, 11) is 5.59. The van der Waals surface area contributed by atoms with E-state index in [1.807, 2.05) is 20.2 Å². The van der Waals surface area contributed by atoms with Gasteiger partial charge in [0, 0.05) is 0 Å². The van der Waals surface area contributed by atoms with Crippen LogP contribution in [-0.2, 0) is 6.42 Å². The van der Waals surface area contributed by atoms with E-state index in [1.54, 1.807) is 7.11 Å². The van der Waals surface area contributed by atoms with Crippen molar-refractivity contribution in [1.82, 2.24) is 10.6 Å². The Morgan fingerprint density at radius 3 is 2.40 bits per heavy atom. The number of rotatable bonds is 5. The van der Waals surface area contributed by atoms with E-state index in [1.165, 1.54) is 11.1 Å². The average Bonchev–Trinajstić information content (AvgIpc) is 2.30. The van der Waals surface area contributed by atoms with Gasteiger partial charge in [-0.2, -0.15) is 0 Å². The zero-order valence-electron chi connectivity index (χ0n) is 9.92. The fraction of sp³-hybridized carbons (Fsp3) is 0.500. The Bertz CT molecular complexity index is 308. The van der Waals surface area contributed by atoms with Crippen LogP contribution in [0.2, 0.25) is 0 Å². The molecule has 0 aliphatic carbocycles. The molecule has 0 aliphatic rings. The van der Waals surface area contributed by atoms with E-state index in [4.69, 9.17) is 4.74 Å². The standard InChI is InChI=1S/C12H20N2O/c1-5-9-8-10(12(13-2)14-3)6-7-11(9)15-4/h6-8,12-14H,5H2,1-4H3. The molecule has 0 spiro atoms. The van der Waals surface area contributed by atoms with Crippen molar-refractivity contribution < 1.29 is 4.74 Å². The van der Waals surface area contributed by atoms with Gasteiger partial charge in [0.05, 0.1) is 13.3 Å². The first-order chi connectivity index (χ1) is 7.26. The van der Waals surface area contributed by atoms with Crippen molar-refractivity contribution in [3.63, 3.8) is 0 Å². The highest BCUT2D eigenvalue weighted by Crippen LogP contribution is 2.22. The van der Waals surface area contributed by atoms with E-state index < -0.39 is 0 Å². The van der Waals surface area contributed by atoms with Crippen LogP contribution in [0.15, 0.2) is 18.2 Å². The molecule has 0 fully saturated rings. The lowest BCUT2D eigenvalue weighted by atomic mass is 10.1. The van der Waals surface area contributed by atoms with Gasteiger partial charge in [-0.05, 0) is 43.8 Å². The van der Waals surface area contributed by atoms with Gasteiger partial charge in [-0.25, -0.2) is 0 Å². The molecular weight excluding hydrogens is 188 g/mol. The first-order valence-electron chi connectivity index (χ1n) is 5.28. The maximum Gasteiger partial charge on any atom is 0.122 e. The molecule has 0 saturated carbocycles. The van der Waals surface area contributed by atoms with Crippen LogP contribution in [0.4, 0.5) is 0 Å². The largest absolute Gasteiger partial charge is 0.496 e. The molecule has 0 unspecified atom stereocenters. The lowest BCUT2D eigenvalue weighted by molar-refractivity contribution is 0.409. The fourth-order valence-corrected chi connectivity index (χ4v) is 1.73. The lowest BCUT2D eigenvalue weighted by Gasteiger charge is -2.17. The molecule has 0 amide bonds. The van der Waals surface area contributed by atoms with Gasteiger partial charge in [0.15, 0.2) is 0 Å². The van der Waals surface area contributed by atoms with Gasteiger partial charge in [0.25, 0.3) is 0 Å². The van der Waals surface area contributed by atoms with Crippen molar-refractivity contribution >= 4 is 0 Å². The van der Waals surface area contributed by atoms with Crippen molar-refractivity contribution in [3.05, 3.63) is 29.3 Å². The van der Waals surface area contributed by atoms with Gasteiger partial charge in [0.1, 0.15) is 5.75 Å². The molecule has 0 bridgehead atoms. The second kappa shape index (κ2) is 5.73. The van der Waals surface area contributed by atoms with Crippen molar-refractivity contribution in [3.8, 4) is 5.75 Å². The number of benzene rings is 1. The zero-order chi connectivity index (χ0) is 11.3. The van der Waals surface area contributed by atoms with E-state index in [0.717, 1.165) is 12.2 Å². The summed E-state index contributed by atoms with van der Waals surface area (Å²) in [5.74, 6) is 0.965. The zero-order valence-corrected chi connectivity index (χ0v) is 9.92. The van der Waals surface area contributed by atoms with Crippen LogP contribution in [0.1, 0.15) is 24.2 Å². The quantitative estimate of drug-likeness (QED) is 0.723. The van der Waals surface area contributed by atoms with E-state index in [9.17, 15) is 0 Å². The molecular formula is C12H20N2O. The number of hydrogen-bond acceptors (Lipinski definition) is 3. The first-order valence-corrected chi connectivity index (χ1v) is 5.28. The van der Waals surface area contributed by atoms with E-state index >= 15 is 0 Å². The van der Waals surface area contributed by atoms with Gasteiger partial charge in [-0.1, -0.05) is 13.0 Å². The minimum Gasteiger partial charge on any atom is -0.496 e. The van der Waals surface area contributed by atoms with Crippen molar-refractivity contribution in [2.45, 2.75) is 19.5 Å². The smallest absolute Gasteiger partial charge is 0.122 e. The highest BCUT2D eigenvalue weighted by molar-refractivity contribution is 5.38. The lowest BCUT2D eigenvalue weighted by Crippen LogP contribution is -2.28. The maximum absolute atomic E-state index is 5.30. The Balaban J connectivity index is 3.01. The van der Waals surface area contributed by atoms with Crippen molar-refractivity contribution in [2.24, 2.45) is 0 Å². The van der Waals surface area contributed by atoms with Gasteiger partial charge in [-0.15, -0.1) is 0 Å². The second-order valence-corrected chi connectivity index (χ2v) is 3.44.